The number of hydrogen-bond donors (Lipinski definition) is 1. The van der Waals surface area contributed by atoms with Crippen LogP contribution in [-0.4, -0.2) is 46.7 Å². The van der Waals surface area contributed by atoms with Crippen LogP contribution in [0.25, 0.3) is 0 Å². The molecule has 1 aromatic rings. The lowest BCUT2D eigenvalue weighted by atomic mass is 9.94. The van der Waals surface area contributed by atoms with E-state index in [-0.39, 0.29) is 0 Å². The molecule has 5 nitrogen and oxygen atoms in total. The Bertz CT molecular complexity index is 479. The van der Waals surface area contributed by atoms with Gasteiger partial charge in [0.05, 0.1) is 12.1 Å². The van der Waals surface area contributed by atoms with Gasteiger partial charge in [-0.3, -0.25) is 4.90 Å². The minimum Gasteiger partial charge on any atom is -0.338 e. The standard InChI is InChI=1S/C14H22N4OS/c1-18-5-6-20-8-11(18)13-16-14(19-17-13)12-10-4-2-3-9(10)7-15-12/h9-12,15H,2-8H2,1H3. The molecule has 2 aliphatic heterocycles. The Kier molecular flexibility index (Phi) is 3.48. The Morgan fingerprint density at radius 1 is 1.40 bits per heavy atom. The third kappa shape index (κ3) is 2.18. The van der Waals surface area contributed by atoms with Crippen molar-refractivity contribution in [2.75, 3.05) is 31.6 Å². The zero-order valence-corrected chi connectivity index (χ0v) is 12.7. The van der Waals surface area contributed by atoms with Crippen molar-refractivity contribution in [2.45, 2.75) is 31.3 Å². The molecule has 4 unspecified atom stereocenters. The van der Waals surface area contributed by atoms with Crippen molar-refractivity contribution in [2.24, 2.45) is 11.8 Å². The molecule has 0 amide bonds. The van der Waals surface area contributed by atoms with E-state index in [0.29, 0.717) is 18.0 Å². The van der Waals surface area contributed by atoms with Crippen molar-refractivity contribution in [1.29, 1.82) is 0 Å². The van der Waals surface area contributed by atoms with Gasteiger partial charge in [-0.1, -0.05) is 11.6 Å². The molecule has 3 heterocycles. The van der Waals surface area contributed by atoms with E-state index in [1.54, 1.807) is 0 Å². The second kappa shape index (κ2) is 5.31. The van der Waals surface area contributed by atoms with Gasteiger partial charge < -0.3 is 9.84 Å². The average Bonchev–Trinajstić information content (AvgIpc) is 3.14. The summed E-state index contributed by atoms with van der Waals surface area (Å²) in [6, 6.07) is 0.609. The molecule has 4 rings (SSSR count). The van der Waals surface area contributed by atoms with Crippen LogP contribution < -0.4 is 5.32 Å². The van der Waals surface area contributed by atoms with Gasteiger partial charge in [-0.2, -0.15) is 16.7 Å². The average molecular weight is 294 g/mol. The fourth-order valence-corrected chi connectivity index (χ4v) is 5.14. The highest BCUT2D eigenvalue weighted by atomic mass is 32.2. The molecule has 3 aliphatic rings. The Hall–Kier alpha value is -0.590. The van der Waals surface area contributed by atoms with Gasteiger partial charge in [-0.25, -0.2) is 0 Å². The fourth-order valence-electron chi connectivity index (χ4n) is 3.93. The molecule has 0 bridgehead atoms. The van der Waals surface area contributed by atoms with Crippen molar-refractivity contribution in [1.82, 2.24) is 20.4 Å². The lowest BCUT2D eigenvalue weighted by Crippen LogP contribution is -2.33. The van der Waals surface area contributed by atoms with Crippen molar-refractivity contribution in [3.05, 3.63) is 11.7 Å². The van der Waals surface area contributed by atoms with Crippen molar-refractivity contribution >= 4 is 11.8 Å². The highest BCUT2D eigenvalue weighted by Crippen LogP contribution is 2.44. The molecular weight excluding hydrogens is 272 g/mol. The molecular formula is C14H22N4OS. The number of aromatic nitrogens is 2. The summed E-state index contributed by atoms with van der Waals surface area (Å²) in [5.41, 5.74) is 0. The van der Waals surface area contributed by atoms with Crippen LogP contribution in [0.1, 0.15) is 43.1 Å². The van der Waals surface area contributed by atoms with E-state index < -0.39 is 0 Å². The SMILES string of the molecule is CN1CCSCC1c1noc(C2NCC3CCCC32)n1. The van der Waals surface area contributed by atoms with Crippen LogP contribution in [0.5, 0.6) is 0 Å². The number of thioether (sulfide) groups is 1. The van der Waals surface area contributed by atoms with Crippen LogP contribution in [-0.2, 0) is 0 Å². The second-order valence-electron chi connectivity index (χ2n) is 6.30. The zero-order valence-electron chi connectivity index (χ0n) is 11.9. The number of rotatable bonds is 2. The Labute approximate surface area is 123 Å². The minimum atomic E-state index is 0.297. The molecule has 1 aliphatic carbocycles. The predicted molar refractivity (Wildman–Crippen MR) is 78.6 cm³/mol. The van der Waals surface area contributed by atoms with E-state index in [2.05, 4.69) is 22.4 Å². The molecule has 3 fully saturated rings. The van der Waals surface area contributed by atoms with Gasteiger partial charge in [-0.15, -0.1) is 0 Å². The maximum absolute atomic E-state index is 5.60. The normalized spacial score (nSPS) is 38.2. The fraction of sp³-hybridized carbons (Fsp3) is 0.857. The van der Waals surface area contributed by atoms with Crippen LogP contribution in [0.15, 0.2) is 4.52 Å². The highest BCUT2D eigenvalue weighted by molar-refractivity contribution is 7.99. The quantitative estimate of drug-likeness (QED) is 0.898. The third-order valence-electron chi connectivity index (χ3n) is 5.16. The largest absolute Gasteiger partial charge is 0.338 e. The molecule has 1 aromatic heterocycles. The highest BCUT2D eigenvalue weighted by Gasteiger charge is 2.42. The molecule has 1 N–H and O–H groups in total. The number of hydrogen-bond acceptors (Lipinski definition) is 6. The first kappa shape index (κ1) is 13.1. The van der Waals surface area contributed by atoms with Gasteiger partial charge in [0.2, 0.25) is 5.89 Å². The van der Waals surface area contributed by atoms with Gasteiger partial charge in [0.15, 0.2) is 5.82 Å². The van der Waals surface area contributed by atoms with Gasteiger partial charge in [0, 0.05) is 18.1 Å². The molecule has 0 spiro atoms. The summed E-state index contributed by atoms with van der Waals surface area (Å²) in [4.78, 5) is 7.07. The van der Waals surface area contributed by atoms with Gasteiger partial charge in [-0.05, 0) is 38.3 Å². The van der Waals surface area contributed by atoms with Crippen LogP contribution in [0.3, 0.4) is 0 Å². The summed E-state index contributed by atoms with van der Waals surface area (Å²) < 4.78 is 5.60. The molecule has 0 aromatic carbocycles. The molecule has 2 saturated heterocycles. The van der Waals surface area contributed by atoms with Gasteiger partial charge in [0.25, 0.3) is 0 Å². The molecule has 110 valence electrons. The van der Waals surface area contributed by atoms with E-state index >= 15 is 0 Å². The maximum Gasteiger partial charge on any atom is 0.244 e. The van der Waals surface area contributed by atoms with E-state index in [1.807, 2.05) is 11.8 Å². The lowest BCUT2D eigenvalue weighted by molar-refractivity contribution is 0.254. The summed E-state index contributed by atoms with van der Waals surface area (Å²) in [6.45, 7) is 2.22. The van der Waals surface area contributed by atoms with Gasteiger partial charge in [0.1, 0.15) is 0 Å². The van der Waals surface area contributed by atoms with Crippen LogP contribution >= 0.6 is 11.8 Å². The third-order valence-corrected chi connectivity index (χ3v) is 6.19. The van der Waals surface area contributed by atoms with Crippen LogP contribution in [0.4, 0.5) is 0 Å². The van der Waals surface area contributed by atoms with Crippen LogP contribution in [0, 0.1) is 11.8 Å². The Morgan fingerprint density at radius 3 is 3.25 bits per heavy atom. The van der Waals surface area contributed by atoms with Gasteiger partial charge >= 0.3 is 0 Å². The Morgan fingerprint density at radius 2 is 2.35 bits per heavy atom. The molecule has 6 heteroatoms. The van der Waals surface area contributed by atoms with Crippen molar-refractivity contribution in [3.8, 4) is 0 Å². The number of nitrogens with zero attached hydrogens (tertiary/aromatic N) is 3. The van der Waals surface area contributed by atoms with Crippen molar-refractivity contribution < 1.29 is 4.52 Å². The first-order valence-electron chi connectivity index (χ1n) is 7.68. The maximum atomic E-state index is 5.60. The summed E-state index contributed by atoms with van der Waals surface area (Å²) in [5.74, 6) is 5.49. The van der Waals surface area contributed by atoms with E-state index in [1.165, 1.54) is 25.0 Å². The Balaban J connectivity index is 1.53. The summed E-state index contributed by atoms with van der Waals surface area (Å²) >= 11 is 1.98. The zero-order chi connectivity index (χ0) is 13.5. The molecule has 4 atom stereocenters. The second-order valence-corrected chi connectivity index (χ2v) is 7.45. The molecule has 0 radical (unpaired) electrons. The smallest absolute Gasteiger partial charge is 0.244 e. The number of fused-ring (bicyclic) bond motifs is 1. The first-order chi connectivity index (χ1) is 9.83. The number of nitrogens with one attached hydrogen (secondary N) is 1. The summed E-state index contributed by atoms with van der Waals surface area (Å²) in [5, 5.41) is 7.86. The molecule has 20 heavy (non-hydrogen) atoms. The minimum absolute atomic E-state index is 0.297. The van der Waals surface area contributed by atoms with E-state index in [0.717, 1.165) is 36.5 Å². The summed E-state index contributed by atoms with van der Waals surface area (Å²) in [7, 11) is 2.15. The van der Waals surface area contributed by atoms with Crippen LogP contribution in [0.2, 0.25) is 0 Å². The first-order valence-corrected chi connectivity index (χ1v) is 8.83. The predicted octanol–water partition coefficient (Wildman–Crippen LogP) is 1.85. The molecule has 1 saturated carbocycles. The lowest BCUT2D eigenvalue weighted by Gasteiger charge is -2.29. The van der Waals surface area contributed by atoms with E-state index in [9.17, 15) is 0 Å². The summed E-state index contributed by atoms with van der Waals surface area (Å²) in [6.07, 6.45) is 4.02. The monoisotopic (exact) mass is 294 g/mol. The topological polar surface area (TPSA) is 54.2 Å². The van der Waals surface area contributed by atoms with E-state index in [4.69, 9.17) is 9.51 Å². The van der Waals surface area contributed by atoms with Crippen molar-refractivity contribution in [3.63, 3.8) is 0 Å².